The van der Waals surface area contributed by atoms with E-state index in [0.29, 0.717) is 37.1 Å². The SMILES string of the molecule is CO[C@H]1C[C@](c2cccc(-n3cc4c(C(F)(F)F)cc([C@H](C)N5CC[C@@H](F)C5)cn4c3=O)c2)(c2nncn2C)C1. The zero-order valence-corrected chi connectivity index (χ0v) is 22.4. The molecule has 6 rings (SSSR count). The summed E-state index contributed by atoms with van der Waals surface area (Å²) in [6, 6.07) is 7.83. The van der Waals surface area contributed by atoms with Crippen molar-refractivity contribution in [2.45, 2.75) is 56.1 Å². The highest BCUT2D eigenvalue weighted by atomic mass is 19.4. The van der Waals surface area contributed by atoms with Crippen molar-refractivity contribution in [2.75, 3.05) is 20.2 Å². The first kappa shape index (κ1) is 26.7. The van der Waals surface area contributed by atoms with E-state index in [2.05, 4.69) is 10.2 Å². The summed E-state index contributed by atoms with van der Waals surface area (Å²) in [5.41, 5.74) is -0.648. The lowest BCUT2D eigenvalue weighted by atomic mass is 9.62. The average Bonchev–Trinajstić information content (AvgIpc) is 3.61. The molecular formula is C28H30F4N6O2. The summed E-state index contributed by atoms with van der Waals surface area (Å²) in [7, 11) is 3.51. The normalized spacial score (nSPS) is 24.5. The van der Waals surface area contributed by atoms with Gasteiger partial charge in [-0.05, 0) is 55.5 Å². The zero-order chi connectivity index (χ0) is 28.4. The van der Waals surface area contributed by atoms with Crippen LogP contribution in [0.4, 0.5) is 17.6 Å². The van der Waals surface area contributed by atoms with Gasteiger partial charge >= 0.3 is 11.9 Å². The van der Waals surface area contributed by atoms with Gasteiger partial charge in [0.25, 0.3) is 0 Å². The summed E-state index contributed by atoms with van der Waals surface area (Å²) in [5, 5.41) is 8.38. The van der Waals surface area contributed by atoms with Crippen LogP contribution < -0.4 is 5.69 Å². The summed E-state index contributed by atoms with van der Waals surface area (Å²) < 4.78 is 66.3. The van der Waals surface area contributed by atoms with Crippen LogP contribution in [0.1, 0.15) is 54.7 Å². The largest absolute Gasteiger partial charge is 0.418 e. The topological polar surface area (TPSA) is 69.6 Å². The Morgan fingerprint density at radius 2 is 1.95 bits per heavy atom. The number of likely N-dealkylation sites (tertiary alicyclic amines) is 1. The van der Waals surface area contributed by atoms with Gasteiger partial charge in [-0.15, -0.1) is 10.2 Å². The van der Waals surface area contributed by atoms with Crippen molar-refractivity contribution in [3.8, 4) is 5.69 Å². The van der Waals surface area contributed by atoms with E-state index in [1.807, 2.05) is 23.7 Å². The number of ether oxygens (including phenoxy) is 1. The van der Waals surface area contributed by atoms with E-state index in [9.17, 15) is 22.4 Å². The molecule has 0 unspecified atom stereocenters. The minimum Gasteiger partial charge on any atom is -0.381 e. The molecule has 8 nitrogen and oxygen atoms in total. The molecule has 1 saturated heterocycles. The van der Waals surface area contributed by atoms with Gasteiger partial charge in [0.15, 0.2) is 0 Å². The first-order valence-corrected chi connectivity index (χ1v) is 13.2. The highest BCUT2D eigenvalue weighted by molar-refractivity contribution is 5.58. The second kappa shape index (κ2) is 9.55. The van der Waals surface area contributed by atoms with Crippen LogP contribution in [0, 0.1) is 0 Å². The Balaban J connectivity index is 1.46. The van der Waals surface area contributed by atoms with Crippen molar-refractivity contribution >= 4 is 5.52 Å². The summed E-state index contributed by atoms with van der Waals surface area (Å²) in [5.74, 6) is 0.753. The fourth-order valence-corrected chi connectivity index (χ4v) is 6.26. The number of methoxy groups -OCH3 is 1. The lowest BCUT2D eigenvalue weighted by Crippen LogP contribution is -2.48. The number of aryl methyl sites for hydroxylation is 1. The number of aromatic nitrogens is 5. The molecule has 0 bridgehead atoms. The maximum Gasteiger partial charge on any atom is 0.418 e. The maximum absolute atomic E-state index is 14.3. The Morgan fingerprint density at radius 3 is 2.58 bits per heavy atom. The van der Waals surface area contributed by atoms with E-state index in [1.165, 1.54) is 17.0 Å². The number of imidazole rings is 1. The molecule has 212 valence electrons. The van der Waals surface area contributed by atoms with Gasteiger partial charge < -0.3 is 9.30 Å². The number of benzene rings is 1. The molecule has 1 aromatic carbocycles. The number of fused-ring (bicyclic) bond motifs is 1. The third-order valence-electron chi connectivity index (χ3n) is 8.59. The summed E-state index contributed by atoms with van der Waals surface area (Å²) in [6.07, 6.45) is 0.280. The van der Waals surface area contributed by atoms with E-state index in [4.69, 9.17) is 4.74 Å². The van der Waals surface area contributed by atoms with E-state index in [0.717, 1.165) is 21.9 Å². The maximum atomic E-state index is 14.3. The molecule has 1 aliphatic heterocycles. The fraction of sp³-hybridized carbons (Fsp3) is 0.464. The second-order valence-electron chi connectivity index (χ2n) is 10.9. The van der Waals surface area contributed by atoms with Gasteiger partial charge in [-0.3, -0.25) is 13.9 Å². The predicted molar refractivity (Wildman–Crippen MR) is 139 cm³/mol. The van der Waals surface area contributed by atoms with Gasteiger partial charge in [-0.2, -0.15) is 13.2 Å². The van der Waals surface area contributed by atoms with Crippen LogP contribution in [0.25, 0.3) is 11.2 Å². The summed E-state index contributed by atoms with van der Waals surface area (Å²) >= 11 is 0. The van der Waals surface area contributed by atoms with Crippen molar-refractivity contribution in [3.63, 3.8) is 0 Å². The Morgan fingerprint density at radius 1 is 1.18 bits per heavy atom. The molecule has 4 heterocycles. The van der Waals surface area contributed by atoms with Crippen LogP contribution >= 0.6 is 0 Å². The molecule has 1 aliphatic carbocycles. The standard InChI is InChI=1S/C28H30F4N6O2/c1-17(36-8-7-20(29)14-36)18-9-23(28(30,31)32)24-15-37(26(39)38(24)13-18)21-6-4-5-19(10-21)27(11-22(12-27)40-3)25-34-33-16-35(25)2/h4-6,9-10,13,15-17,20,22H,7-8,11-12,14H2,1-3H3/t17-,20+,22-,27-/m0/s1. The summed E-state index contributed by atoms with van der Waals surface area (Å²) in [4.78, 5) is 15.4. The molecular weight excluding hydrogens is 528 g/mol. The Bertz CT molecular complexity index is 1620. The molecule has 0 radical (unpaired) electrons. The lowest BCUT2D eigenvalue weighted by Gasteiger charge is -2.46. The van der Waals surface area contributed by atoms with E-state index in [-0.39, 0.29) is 18.2 Å². The Hall–Kier alpha value is -3.51. The highest BCUT2D eigenvalue weighted by Crippen LogP contribution is 2.49. The minimum atomic E-state index is -4.69. The molecule has 0 amide bonds. The number of rotatable bonds is 6. The lowest BCUT2D eigenvalue weighted by molar-refractivity contribution is -0.136. The van der Waals surface area contributed by atoms with E-state index < -0.39 is 35.1 Å². The van der Waals surface area contributed by atoms with E-state index >= 15 is 0 Å². The third kappa shape index (κ3) is 4.24. The highest BCUT2D eigenvalue weighted by Gasteiger charge is 2.50. The molecule has 40 heavy (non-hydrogen) atoms. The van der Waals surface area contributed by atoms with Crippen molar-refractivity contribution in [2.24, 2.45) is 7.05 Å². The molecule has 4 aromatic rings. The Labute approximate surface area is 227 Å². The van der Waals surface area contributed by atoms with Gasteiger partial charge in [-0.25, -0.2) is 9.18 Å². The zero-order valence-electron chi connectivity index (χ0n) is 22.4. The van der Waals surface area contributed by atoms with Crippen molar-refractivity contribution in [1.29, 1.82) is 0 Å². The number of halogens is 4. The number of nitrogens with zero attached hydrogens (tertiary/aromatic N) is 6. The van der Waals surface area contributed by atoms with Crippen molar-refractivity contribution in [1.82, 2.24) is 28.6 Å². The molecule has 12 heteroatoms. The monoisotopic (exact) mass is 558 g/mol. The van der Waals surface area contributed by atoms with Gasteiger partial charge in [0.1, 0.15) is 18.3 Å². The summed E-state index contributed by atoms with van der Waals surface area (Å²) in [6.45, 7) is 2.34. The number of alkyl halides is 4. The third-order valence-corrected chi connectivity index (χ3v) is 8.59. The van der Waals surface area contributed by atoms with Gasteiger partial charge in [0.2, 0.25) is 0 Å². The van der Waals surface area contributed by atoms with Crippen LogP contribution in [0.5, 0.6) is 0 Å². The Kier molecular flexibility index (Phi) is 6.37. The quantitative estimate of drug-likeness (QED) is 0.328. The van der Waals surface area contributed by atoms with Crippen LogP contribution in [0.2, 0.25) is 0 Å². The molecule has 2 aliphatic rings. The molecule has 0 N–H and O–H groups in total. The first-order valence-electron chi connectivity index (χ1n) is 13.2. The van der Waals surface area contributed by atoms with Crippen molar-refractivity contribution < 1.29 is 22.3 Å². The molecule has 2 atom stereocenters. The first-order chi connectivity index (χ1) is 19.0. The molecule has 0 spiro atoms. The van der Waals surface area contributed by atoms with Gasteiger partial charge in [-0.1, -0.05) is 12.1 Å². The van der Waals surface area contributed by atoms with Gasteiger partial charge in [0.05, 0.1) is 28.3 Å². The van der Waals surface area contributed by atoms with Crippen LogP contribution in [0.15, 0.2) is 53.8 Å². The number of hydrogen-bond acceptors (Lipinski definition) is 5. The molecule has 2 fully saturated rings. The second-order valence-corrected chi connectivity index (χ2v) is 10.9. The smallest absolute Gasteiger partial charge is 0.381 e. The average molecular weight is 559 g/mol. The van der Waals surface area contributed by atoms with Crippen LogP contribution in [-0.4, -0.2) is 61.1 Å². The van der Waals surface area contributed by atoms with E-state index in [1.54, 1.807) is 37.4 Å². The number of pyridine rings is 1. The molecule has 3 aromatic heterocycles. The van der Waals surface area contributed by atoms with Gasteiger partial charge in [0, 0.05) is 45.7 Å². The fourth-order valence-electron chi connectivity index (χ4n) is 6.26. The van der Waals surface area contributed by atoms with Crippen LogP contribution in [0.3, 0.4) is 0 Å². The minimum absolute atomic E-state index is 0.0261. The predicted octanol–water partition coefficient (Wildman–Crippen LogP) is 4.44. The van der Waals surface area contributed by atoms with Crippen molar-refractivity contribution in [3.05, 3.63) is 82.1 Å². The van der Waals surface area contributed by atoms with Crippen LogP contribution in [-0.2, 0) is 23.4 Å². The molecule has 1 saturated carbocycles. The number of hydrogen-bond donors (Lipinski definition) is 0.